The van der Waals surface area contributed by atoms with E-state index in [0.717, 1.165) is 16.3 Å². The highest BCUT2D eigenvalue weighted by atomic mass is 35.5. The number of anilines is 1. The van der Waals surface area contributed by atoms with E-state index >= 15 is 0 Å². The van der Waals surface area contributed by atoms with Crippen LogP contribution in [0.5, 0.6) is 11.5 Å². The van der Waals surface area contributed by atoms with Crippen molar-refractivity contribution in [1.29, 1.82) is 0 Å². The normalized spacial score (nSPS) is 12.5. The van der Waals surface area contributed by atoms with E-state index in [1.165, 1.54) is 0 Å². The molecule has 0 saturated heterocycles. The van der Waals surface area contributed by atoms with E-state index in [2.05, 4.69) is 5.32 Å². The number of ether oxygens (including phenoxy) is 2. The second-order valence-electron chi connectivity index (χ2n) is 4.17. The second kappa shape index (κ2) is 5.19. The molecule has 0 fully saturated rings. The zero-order valence-electron chi connectivity index (χ0n) is 9.95. The first-order valence-corrected chi connectivity index (χ1v) is 6.55. The van der Waals surface area contributed by atoms with Crippen molar-refractivity contribution in [2.24, 2.45) is 0 Å². The Labute approximate surface area is 121 Å². The predicted octanol–water partition coefficient (Wildman–Crippen LogP) is 4.33. The molecule has 0 radical (unpaired) electrons. The van der Waals surface area contributed by atoms with Crippen LogP contribution >= 0.6 is 23.2 Å². The molecule has 2 aromatic carbocycles. The van der Waals surface area contributed by atoms with Gasteiger partial charge in [0.1, 0.15) is 0 Å². The minimum Gasteiger partial charge on any atom is -0.454 e. The molecule has 0 bridgehead atoms. The molecule has 2 aromatic rings. The highest BCUT2D eigenvalue weighted by Gasteiger charge is 2.16. The van der Waals surface area contributed by atoms with Crippen LogP contribution < -0.4 is 14.8 Å². The average molecular weight is 296 g/mol. The van der Waals surface area contributed by atoms with Crippen molar-refractivity contribution in [2.45, 2.75) is 6.54 Å². The summed E-state index contributed by atoms with van der Waals surface area (Å²) in [7, 11) is 0. The van der Waals surface area contributed by atoms with Gasteiger partial charge in [-0.2, -0.15) is 0 Å². The van der Waals surface area contributed by atoms with Gasteiger partial charge in [-0.05, 0) is 17.7 Å². The molecule has 0 saturated carbocycles. The van der Waals surface area contributed by atoms with Crippen LogP contribution in [0.15, 0.2) is 36.4 Å². The van der Waals surface area contributed by atoms with Crippen LogP contribution in [0.4, 0.5) is 5.69 Å². The molecule has 1 N–H and O–H groups in total. The maximum atomic E-state index is 6.18. The van der Waals surface area contributed by atoms with Gasteiger partial charge in [-0.1, -0.05) is 35.3 Å². The first kappa shape index (κ1) is 12.5. The van der Waals surface area contributed by atoms with Crippen molar-refractivity contribution >= 4 is 28.9 Å². The van der Waals surface area contributed by atoms with E-state index in [9.17, 15) is 0 Å². The standard InChI is InChI=1S/C14H11Cl2NO2/c15-10-3-1-2-9(4-10)7-17-12-6-14-13(5-11(12)16)18-8-19-14/h1-6,17H,7-8H2. The van der Waals surface area contributed by atoms with Crippen LogP contribution in [0, 0.1) is 0 Å². The van der Waals surface area contributed by atoms with Crippen molar-refractivity contribution in [3.8, 4) is 11.5 Å². The maximum absolute atomic E-state index is 6.18. The molecule has 19 heavy (non-hydrogen) atoms. The first-order valence-electron chi connectivity index (χ1n) is 5.80. The number of hydrogen-bond donors (Lipinski definition) is 1. The fourth-order valence-electron chi connectivity index (χ4n) is 1.90. The van der Waals surface area contributed by atoms with E-state index in [1.807, 2.05) is 30.3 Å². The second-order valence-corrected chi connectivity index (χ2v) is 5.01. The lowest BCUT2D eigenvalue weighted by molar-refractivity contribution is 0.174. The van der Waals surface area contributed by atoms with Gasteiger partial charge >= 0.3 is 0 Å². The smallest absolute Gasteiger partial charge is 0.231 e. The van der Waals surface area contributed by atoms with Gasteiger partial charge in [-0.25, -0.2) is 0 Å². The zero-order chi connectivity index (χ0) is 13.2. The number of nitrogens with one attached hydrogen (secondary N) is 1. The third kappa shape index (κ3) is 2.72. The van der Waals surface area contributed by atoms with E-state index in [4.69, 9.17) is 32.7 Å². The molecular weight excluding hydrogens is 285 g/mol. The molecule has 1 heterocycles. The van der Waals surface area contributed by atoms with Crippen molar-refractivity contribution in [1.82, 2.24) is 0 Å². The highest BCUT2D eigenvalue weighted by molar-refractivity contribution is 6.33. The fourth-order valence-corrected chi connectivity index (χ4v) is 2.33. The van der Waals surface area contributed by atoms with Crippen molar-refractivity contribution in [3.63, 3.8) is 0 Å². The topological polar surface area (TPSA) is 30.5 Å². The quantitative estimate of drug-likeness (QED) is 0.914. The third-order valence-corrected chi connectivity index (χ3v) is 3.38. The molecule has 5 heteroatoms. The summed E-state index contributed by atoms with van der Waals surface area (Å²) in [5, 5.41) is 4.58. The van der Waals surface area contributed by atoms with Crippen LogP contribution in [0.1, 0.15) is 5.56 Å². The predicted molar refractivity (Wildman–Crippen MR) is 76.4 cm³/mol. The Kier molecular flexibility index (Phi) is 3.40. The average Bonchev–Trinajstić information content (AvgIpc) is 2.83. The molecule has 0 aliphatic carbocycles. The summed E-state index contributed by atoms with van der Waals surface area (Å²) in [6.45, 7) is 0.878. The van der Waals surface area contributed by atoms with Crippen LogP contribution in [-0.2, 0) is 6.54 Å². The molecule has 0 aromatic heterocycles. The van der Waals surface area contributed by atoms with Crippen LogP contribution in [0.3, 0.4) is 0 Å². The zero-order valence-corrected chi connectivity index (χ0v) is 11.5. The number of fused-ring (bicyclic) bond motifs is 1. The molecule has 1 aliphatic rings. The number of rotatable bonds is 3. The van der Waals surface area contributed by atoms with Crippen LogP contribution in [0.2, 0.25) is 10.0 Å². The summed E-state index contributed by atoms with van der Waals surface area (Å²) in [6, 6.07) is 11.3. The van der Waals surface area contributed by atoms with Gasteiger partial charge < -0.3 is 14.8 Å². The third-order valence-electron chi connectivity index (χ3n) is 2.83. The van der Waals surface area contributed by atoms with Crippen molar-refractivity contribution < 1.29 is 9.47 Å². The Bertz CT molecular complexity index is 616. The van der Waals surface area contributed by atoms with E-state index in [-0.39, 0.29) is 6.79 Å². The Morgan fingerprint density at radius 1 is 1.05 bits per heavy atom. The summed E-state index contributed by atoms with van der Waals surface area (Å²) in [4.78, 5) is 0. The van der Waals surface area contributed by atoms with Crippen LogP contribution in [-0.4, -0.2) is 6.79 Å². The lowest BCUT2D eigenvalue weighted by Gasteiger charge is -2.09. The van der Waals surface area contributed by atoms with E-state index in [1.54, 1.807) is 6.07 Å². The molecule has 0 atom stereocenters. The van der Waals surface area contributed by atoms with Crippen molar-refractivity contribution in [3.05, 3.63) is 52.0 Å². The van der Waals surface area contributed by atoms with E-state index in [0.29, 0.717) is 23.1 Å². The minimum atomic E-state index is 0.239. The van der Waals surface area contributed by atoms with E-state index < -0.39 is 0 Å². The highest BCUT2D eigenvalue weighted by Crippen LogP contribution is 2.39. The van der Waals surface area contributed by atoms with Gasteiger partial charge in [-0.15, -0.1) is 0 Å². The molecule has 3 rings (SSSR count). The lowest BCUT2D eigenvalue weighted by Crippen LogP contribution is -1.99. The van der Waals surface area contributed by atoms with Crippen molar-refractivity contribution in [2.75, 3.05) is 12.1 Å². The summed E-state index contributed by atoms with van der Waals surface area (Å²) in [6.07, 6.45) is 0. The molecule has 0 unspecified atom stereocenters. The van der Waals surface area contributed by atoms with Gasteiger partial charge in [0.05, 0.1) is 10.7 Å². The first-order chi connectivity index (χ1) is 9.22. The molecule has 98 valence electrons. The fraction of sp³-hybridized carbons (Fsp3) is 0.143. The number of benzene rings is 2. The molecular formula is C14H11Cl2NO2. The Hall–Kier alpha value is -1.58. The Balaban J connectivity index is 1.77. The summed E-state index contributed by atoms with van der Waals surface area (Å²) < 4.78 is 10.6. The maximum Gasteiger partial charge on any atom is 0.231 e. The largest absolute Gasteiger partial charge is 0.454 e. The monoisotopic (exact) mass is 295 g/mol. The van der Waals surface area contributed by atoms with Gasteiger partial charge in [0.15, 0.2) is 11.5 Å². The Morgan fingerprint density at radius 3 is 2.63 bits per heavy atom. The van der Waals surface area contributed by atoms with Crippen LogP contribution in [0.25, 0.3) is 0 Å². The summed E-state index contributed by atoms with van der Waals surface area (Å²) >= 11 is 12.1. The van der Waals surface area contributed by atoms with Gasteiger partial charge in [0.2, 0.25) is 6.79 Å². The summed E-state index contributed by atoms with van der Waals surface area (Å²) in [5.74, 6) is 1.39. The van der Waals surface area contributed by atoms with Gasteiger partial charge in [0.25, 0.3) is 0 Å². The Morgan fingerprint density at radius 2 is 1.84 bits per heavy atom. The molecule has 3 nitrogen and oxygen atoms in total. The SMILES string of the molecule is Clc1cccc(CNc2cc3c(cc2Cl)OCO3)c1. The molecule has 0 spiro atoms. The lowest BCUT2D eigenvalue weighted by atomic mass is 10.2. The van der Waals surface area contributed by atoms with Gasteiger partial charge in [0, 0.05) is 23.7 Å². The summed E-state index contributed by atoms with van der Waals surface area (Å²) in [5.41, 5.74) is 1.90. The minimum absolute atomic E-state index is 0.239. The van der Waals surface area contributed by atoms with Gasteiger partial charge in [-0.3, -0.25) is 0 Å². The number of halogens is 2. The molecule has 1 aliphatic heterocycles. The number of hydrogen-bond acceptors (Lipinski definition) is 3. The molecule has 0 amide bonds.